The molecule has 2 unspecified atom stereocenters. The molecule has 0 spiro atoms. The number of nitrogens with zero attached hydrogens (tertiary/aromatic N) is 4. The van der Waals surface area contributed by atoms with E-state index in [9.17, 15) is 9.90 Å². The first-order valence-electron chi connectivity index (χ1n) is 8.39. The first-order chi connectivity index (χ1) is 12.3. The molecule has 0 saturated carbocycles. The molecule has 2 N–H and O–H groups in total. The Morgan fingerprint density at radius 2 is 2.15 bits per heavy atom. The van der Waals surface area contributed by atoms with Gasteiger partial charge in [-0.05, 0) is 5.41 Å². The molecule has 1 saturated heterocycles. The Labute approximate surface area is 156 Å². The first kappa shape index (κ1) is 18.6. The van der Waals surface area contributed by atoms with Gasteiger partial charge in [-0.15, -0.1) is 0 Å². The molecule has 9 heteroatoms. The Morgan fingerprint density at radius 1 is 1.42 bits per heavy atom. The summed E-state index contributed by atoms with van der Waals surface area (Å²) in [5.74, 6) is 0.504. The lowest BCUT2D eigenvalue weighted by Gasteiger charge is -2.46. The van der Waals surface area contributed by atoms with Crippen LogP contribution in [0.2, 0.25) is 5.15 Å². The third kappa shape index (κ3) is 3.81. The van der Waals surface area contributed by atoms with Gasteiger partial charge in [-0.25, -0.2) is 14.8 Å². The highest BCUT2D eigenvalue weighted by atomic mass is 35.5. The van der Waals surface area contributed by atoms with E-state index in [2.05, 4.69) is 20.3 Å². The predicted molar refractivity (Wildman–Crippen MR) is 98.5 cm³/mol. The minimum absolute atomic E-state index is 0.283. The number of anilines is 1. The van der Waals surface area contributed by atoms with Crippen molar-refractivity contribution < 1.29 is 14.6 Å². The average molecular weight is 380 g/mol. The molecule has 1 amide bonds. The molecule has 3 heterocycles. The van der Waals surface area contributed by atoms with E-state index in [1.165, 1.54) is 4.90 Å². The predicted octanol–water partition coefficient (Wildman–Crippen LogP) is 2.88. The van der Waals surface area contributed by atoms with Crippen LogP contribution in [0.15, 0.2) is 18.5 Å². The zero-order valence-electron chi connectivity index (χ0n) is 14.9. The second kappa shape index (κ2) is 7.20. The molecule has 1 aliphatic rings. The van der Waals surface area contributed by atoms with Crippen LogP contribution in [0.5, 0.6) is 0 Å². The van der Waals surface area contributed by atoms with Crippen LogP contribution in [0.25, 0.3) is 11.0 Å². The maximum Gasteiger partial charge on any atom is 0.407 e. The summed E-state index contributed by atoms with van der Waals surface area (Å²) in [6.07, 6.45) is 1.92. The number of ether oxygens (including phenoxy) is 1. The van der Waals surface area contributed by atoms with E-state index in [4.69, 9.17) is 16.3 Å². The third-order valence-corrected chi connectivity index (χ3v) is 4.57. The van der Waals surface area contributed by atoms with E-state index < -0.39 is 6.09 Å². The van der Waals surface area contributed by atoms with Crippen molar-refractivity contribution in [2.75, 3.05) is 25.0 Å². The second-order valence-corrected chi connectivity index (χ2v) is 7.68. The third-order valence-electron chi connectivity index (χ3n) is 4.38. The van der Waals surface area contributed by atoms with Gasteiger partial charge in [-0.1, -0.05) is 32.4 Å². The largest absolute Gasteiger partial charge is 0.465 e. The molecule has 2 atom stereocenters. The number of hydrogen-bond donors (Lipinski definition) is 2. The standard InChI is InChI=1S/C17H22ClN5O3/c1-17(2,3)14-11(26-7-6-23(14)16(24)25)9-21-15-13-10(8-12(18)22-15)19-4-5-20-13/h4-5,8,11,14H,6-7,9H2,1-3H3,(H,21,22)(H,24,25). The van der Waals surface area contributed by atoms with E-state index in [-0.39, 0.29) is 17.6 Å². The van der Waals surface area contributed by atoms with Crippen LogP contribution in [-0.2, 0) is 4.74 Å². The highest BCUT2D eigenvalue weighted by Gasteiger charge is 2.42. The van der Waals surface area contributed by atoms with E-state index in [0.717, 1.165) is 0 Å². The van der Waals surface area contributed by atoms with Crippen LogP contribution in [0.1, 0.15) is 20.8 Å². The number of pyridine rings is 1. The number of amides is 1. The van der Waals surface area contributed by atoms with Crippen molar-refractivity contribution >= 4 is 34.5 Å². The highest BCUT2D eigenvalue weighted by Crippen LogP contribution is 2.31. The Hall–Kier alpha value is -2.19. The molecule has 1 aliphatic heterocycles. The average Bonchev–Trinajstić information content (AvgIpc) is 2.58. The van der Waals surface area contributed by atoms with Crippen LogP contribution < -0.4 is 5.32 Å². The first-order valence-corrected chi connectivity index (χ1v) is 8.77. The highest BCUT2D eigenvalue weighted by molar-refractivity contribution is 6.30. The van der Waals surface area contributed by atoms with Crippen molar-refractivity contribution in [3.8, 4) is 0 Å². The molecule has 0 aliphatic carbocycles. The minimum Gasteiger partial charge on any atom is -0.465 e. The molecule has 1 fully saturated rings. The fourth-order valence-electron chi connectivity index (χ4n) is 3.41. The summed E-state index contributed by atoms with van der Waals surface area (Å²) in [7, 11) is 0. The normalized spacial score (nSPS) is 21.0. The quantitative estimate of drug-likeness (QED) is 0.790. The van der Waals surface area contributed by atoms with Crippen LogP contribution >= 0.6 is 11.6 Å². The summed E-state index contributed by atoms with van der Waals surface area (Å²) in [6.45, 7) is 7.12. The lowest BCUT2D eigenvalue weighted by molar-refractivity contribution is -0.0875. The fraction of sp³-hybridized carbons (Fsp3) is 0.529. The topological polar surface area (TPSA) is 100 Å². The Kier molecular flexibility index (Phi) is 5.15. The van der Waals surface area contributed by atoms with Crippen molar-refractivity contribution in [2.45, 2.75) is 32.9 Å². The SMILES string of the molecule is CC(C)(C)C1C(CNc2nc(Cl)cc3nccnc23)OCCN1C(=O)O. The maximum atomic E-state index is 11.7. The number of rotatable bonds is 3. The van der Waals surface area contributed by atoms with Gasteiger partial charge in [0.1, 0.15) is 10.7 Å². The van der Waals surface area contributed by atoms with E-state index in [1.807, 2.05) is 20.8 Å². The van der Waals surface area contributed by atoms with Gasteiger partial charge in [0.05, 0.1) is 24.3 Å². The summed E-state index contributed by atoms with van der Waals surface area (Å²) >= 11 is 6.08. The molecule has 26 heavy (non-hydrogen) atoms. The van der Waals surface area contributed by atoms with Gasteiger partial charge >= 0.3 is 6.09 Å². The summed E-state index contributed by atoms with van der Waals surface area (Å²) in [6, 6.07) is 1.36. The molecule has 2 aromatic heterocycles. The van der Waals surface area contributed by atoms with Gasteiger partial charge in [-0.2, -0.15) is 0 Å². The molecule has 0 radical (unpaired) electrons. The molecular weight excluding hydrogens is 358 g/mol. The van der Waals surface area contributed by atoms with Crippen molar-refractivity contribution in [3.63, 3.8) is 0 Å². The lowest BCUT2D eigenvalue weighted by Crippen LogP contribution is -2.60. The maximum absolute atomic E-state index is 11.7. The fourth-order valence-corrected chi connectivity index (χ4v) is 3.59. The van der Waals surface area contributed by atoms with Crippen molar-refractivity contribution in [3.05, 3.63) is 23.6 Å². The number of carbonyl (C=O) groups is 1. The number of fused-ring (bicyclic) bond motifs is 1. The number of carboxylic acid groups (broad SMARTS) is 1. The van der Waals surface area contributed by atoms with E-state index in [1.54, 1.807) is 18.5 Å². The van der Waals surface area contributed by atoms with Crippen LogP contribution in [0, 0.1) is 5.41 Å². The molecule has 3 rings (SSSR count). The van der Waals surface area contributed by atoms with Crippen LogP contribution in [-0.4, -0.2) is 62.9 Å². The van der Waals surface area contributed by atoms with Crippen LogP contribution in [0.3, 0.4) is 0 Å². The number of morpholine rings is 1. The van der Waals surface area contributed by atoms with Crippen molar-refractivity contribution in [1.82, 2.24) is 19.9 Å². The molecule has 8 nitrogen and oxygen atoms in total. The zero-order valence-corrected chi connectivity index (χ0v) is 15.7. The number of nitrogens with one attached hydrogen (secondary N) is 1. The van der Waals surface area contributed by atoms with Gasteiger partial charge in [0.25, 0.3) is 0 Å². The van der Waals surface area contributed by atoms with Crippen molar-refractivity contribution in [2.24, 2.45) is 5.41 Å². The smallest absolute Gasteiger partial charge is 0.407 e. The van der Waals surface area contributed by atoms with Gasteiger partial charge in [-0.3, -0.25) is 9.88 Å². The summed E-state index contributed by atoms with van der Waals surface area (Å²) < 4.78 is 5.90. The summed E-state index contributed by atoms with van der Waals surface area (Å²) in [4.78, 5) is 26.0. The lowest BCUT2D eigenvalue weighted by atomic mass is 9.81. The van der Waals surface area contributed by atoms with Gasteiger partial charge < -0.3 is 15.2 Å². The van der Waals surface area contributed by atoms with Gasteiger partial charge in [0.15, 0.2) is 5.82 Å². The summed E-state index contributed by atoms with van der Waals surface area (Å²) in [5, 5.41) is 13.1. The van der Waals surface area contributed by atoms with E-state index in [0.29, 0.717) is 41.7 Å². The second-order valence-electron chi connectivity index (χ2n) is 7.29. The summed E-state index contributed by atoms with van der Waals surface area (Å²) in [5.41, 5.74) is 0.962. The number of halogens is 1. The van der Waals surface area contributed by atoms with E-state index >= 15 is 0 Å². The number of hydrogen-bond acceptors (Lipinski definition) is 6. The van der Waals surface area contributed by atoms with Gasteiger partial charge in [0.2, 0.25) is 0 Å². The monoisotopic (exact) mass is 379 g/mol. The molecule has 0 bridgehead atoms. The van der Waals surface area contributed by atoms with Gasteiger partial charge in [0, 0.05) is 31.5 Å². The Bertz CT molecular complexity index is 811. The van der Waals surface area contributed by atoms with Crippen LogP contribution in [0.4, 0.5) is 10.6 Å². The molecule has 0 aromatic carbocycles. The molecular formula is C17H22ClN5O3. The minimum atomic E-state index is -0.935. The Morgan fingerprint density at radius 3 is 2.85 bits per heavy atom. The zero-order chi connectivity index (χ0) is 18.9. The number of aromatic nitrogens is 3. The Balaban J connectivity index is 1.85. The molecule has 2 aromatic rings. The molecule has 140 valence electrons. The van der Waals surface area contributed by atoms with Crippen molar-refractivity contribution in [1.29, 1.82) is 0 Å².